The molecule has 0 aromatic heterocycles. The van der Waals surface area contributed by atoms with Crippen molar-refractivity contribution in [2.45, 2.75) is 18.6 Å². The van der Waals surface area contributed by atoms with Crippen molar-refractivity contribution in [3.05, 3.63) is 35.6 Å². The van der Waals surface area contributed by atoms with Crippen LogP contribution in [0.5, 0.6) is 11.5 Å². The molecule has 0 bridgehead atoms. The second-order valence-electron chi connectivity index (χ2n) is 5.55. The predicted octanol–water partition coefficient (Wildman–Crippen LogP) is 1.24. The van der Waals surface area contributed by atoms with Gasteiger partial charge in [-0.25, -0.2) is 4.79 Å². The Morgan fingerprint density at radius 3 is 2.84 bits per heavy atom. The number of carboxylic acids is 1. The molecule has 1 aromatic rings. The number of ether oxygens (including phenoxy) is 5. The van der Waals surface area contributed by atoms with Crippen LogP contribution in [0, 0.1) is 0 Å². The van der Waals surface area contributed by atoms with E-state index in [4.69, 9.17) is 28.8 Å². The number of carboxylic acid groups (broad SMARTS) is 1. The Balaban J connectivity index is 1.67. The van der Waals surface area contributed by atoms with Crippen molar-refractivity contribution in [2.75, 3.05) is 33.2 Å². The first-order valence-corrected chi connectivity index (χ1v) is 7.99. The third-order valence-electron chi connectivity index (χ3n) is 3.86. The average molecular weight is 352 g/mol. The summed E-state index contributed by atoms with van der Waals surface area (Å²) in [6.07, 6.45) is 1.35. The van der Waals surface area contributed by atoms with Crippen LogP contribution in [0.2, 0.25) is 0 Å². The number of aliphatic hydroxyl groups excluding tert-OH is 1. The number of benzene rings is 1. The minimum absolute atomic E-state index is 0.0575. The van der Waals surface area contributed by atoms with Gasteiger partial charge in [-0.1, -0.05) is 6.07 Å². The van der Waals surface area contributed by atoms with Gasteiger partial charge >= 0.3 is 5.97 Å². The van der Waals surface area contributed by atoms with Gasteiger partial charge in [-0.05, 0) is 23.8 Å². The zero-order chi connectivity index (χ0) is 17.6. The summed E-state index contributed by atoms with van der Waals surface area (Å²) < 4.78 is 26.7. The van der Waals surface area contributed by atoms with E-state index in [2.05, 4.69) is 0 Å². The zero-order valence-electron chi connectivity index (χ0n) is 13.6. The lowest BCUT2D eigenvalue weighted by atomic mass is 9.92. The highest BCUT2D eigenvalue weighted by Crippen LogP contribution is 2.38. The van der Waals surface area contributed by atoms with Gasteiger partial charge in [-0.15, -0.1) is 0 Å². The topological polar surface area (TPSA) is 104 Å². The highest BCUT2D eigenvalue weighted by Gasteiger charge is 2.29. The van der Waals surface area contributed by atoms with Crippen molar-refractivity contribution in [1.82, 2.24) is 0 Å². The zero-order valence-corrected chi connectivity index (χ0v) is 13.6. The van der Waals surface area contributed by atoms with E-state index >= 15 is 0 Å². The number of hydrogen-bond donors (Lipinski definition) is 2. The van der Waals surface area contributed by atoms with Crippen molar-refractivity contribution in [2.24, 2.45) is 0 Å². The van der Waals surface area contributed by atoms with Crippen LogP contribution in [-0.2, 0) is 19.0 Å². The molecule has 1 aromatic carbocycles. The minimum atomic E-state index is -1.14. The van der Waals surface area contributed by atoms with Crippen LogP contribution in [0.3, 0.4) is 0 Å². The molecule has 0 amide bonds. The molecule has 0 spiro atoms. The Kier molecular flexibility index (Phi) is 5.75. The number of aliphatic hydroxyl groups is 1. The molecule has 2 aliphatic heterocycles. The van der Waals surface area contributed by atoms with E-state index in [0.717, 1.165) is 5.56 Å². The van der Waals surface area contributed by atoms with Crippen LogP contribution >= 0.6 is 0 Å². The number of rotatable bonds is 8. The second kappa shape index (κ2) is 8.19. The van der Waals surface area contributed by atoms with Crippen molar-refractivity contribution < 1.29 is 38.7 Å². The fourth-order valence-electron chi connectivity index (χ4n) is 2.69. The summed E-state index contributed by atoms with van der Waals surface area (Å²) in [5, 5.41) is 17.9. The molecule has 2 N–H and O–H groups in total. The Morgan fingerprint density at radius 1 is 1.20 bits per heavy atom. The molecule has 0 saturated heterocycles. The van der Waals surface area contributed by atoms with Gasteiger partial charge in [0.1, 0.15) is 0 Å². The van der Waals surface area contributed by atoms with Gasteiger partial charge in [0.2, 0.25) is 18.8 Å². The van der Waals surface area contributed by atoms with Gasteiger partial charge in [0.15, 0.2) is 11.5 Å². The normalized spacial score (nSPS) is 21.6. The third-order valence-corrected chi connectivity index (χ3v) is 3.86. The van der Waals surface area contributed by atoms with Gasteiger partial charge in [0.25, 0.3) is 0 Å². The van der Waals surface area contributed by atoms with Crippen LogP contribution in [0.15, 0.2) is 30.0 Å². The number of carbonyl (C=O) groups is 1. The lowest BCUT2D eigenvalue weighted by Gasteiger charge is -2.28. The molecule has 2 heterocycles. The highest BCUT2D eigenvalue weighted by molar-refractivity contribution is 5.84. The number of aliphatic carboxylic acids is 1. The van der Waals surface area contributed by atoms with E-state index in [9.17, 15) is 9.90 Å². The van der Waals surface area contributed by atoms with E-state index in [1.54, 1.807) is 12.1 Å². The van der Waals surface area contributed by atoms with E-state index in [-0.39, 0.29) is 38.3 Å². The van der Waals surface area contributed by atoms with Crippen LogP contribution in [0.4, 0.5) is 0 Å². The average Bonchev–Trinajstić information content (AvgIpc) is 3.09. The molecule has 0 radical (unpaired) electrons. The molecule has 2 unspecified atom stereocenters. The summed E-state index contributed by atoms with van der Waals surface area (Å²) >= 11 is 0. The molecule has 0 saturated carbocycles. The Bertz CT molecular complexity index is 642. The summed E-state index contributed by atoms with van der Waals surface area (Å²) in [7, 11) is 0. The van der Waals surface area contributed by atoms with Gasteiger partial charge < -0.3 is 33.9 Å². The van der Waals surface area contributed by atoms with Crippen LogP contribution in [0.25, 0.3) is 0 Å². The molecule has 8 nitrogen and oxygen atoms in total. The summed E-state index contributed by atoms with van der Waals surface area (Å²) in [4.78, 5) is 11.3. The summed E-state index contributed by atoms with van der Waals surface area (Å²) in [6, 6.07) is 5.52. The Labute approximate surface area is 144 Å². The van der Waals surface area contributed by atoms with Crippen molar-refractivity contribution in [3.8, 4) is 11.5 Å². The van der Waals surface area contributed by atoms with E-state index in [1.165, 1.54) is 0 Å². The monoisotopic (exact) mass is 352 g/mol. The fourth-order valence-corrected chi connectivity index (χ4v) is 2.69. The van der Waals surface area contributed by atoms with Crippen LogP contribution in [0.1, 0.15) is 17.9 Å². The lowest BCUT2D eigenvalue weighted by Crippen LogP contribution is -2.28. The predicted molar refractivity (Wildman–Crippen MR) is 84.4 cm³/mol. The largest absolute Gasteiger partial charge is 0.475 e. The summed E-state index contributed by atoms with van der Waals surface area (Å²) in [6.45, 7) is 0.891. The van der Waals surface area contributed by atoms with E-state index in [0.29, 0.717) is 24.5 Å². The van der Waals surface area contributed by atoms with Crippen molar-refractivity contribution in [1.29, 1.82) is 0 Å². The Hall–Kier alpha value is -2.29. The van der Waals surface area contributed by atoms with Crippen LogP contribution < -0.4 is 9.47 Å². The smallest absolute Gasteiger partial charge is 0.370 e. The van der Waals surface area contributed by atoms with Crippen molar-refractivity contribution in [3.63, 3.8) is 0 Å². The molecule has 0 aliphatic carbocycles. The Morgan fingerprint density at radius 2 is 2.04 bits per heavy atom. The molecule has 0 fully saturated rings. The van der Waals surface area contributed by atoms with Gasteiger partial charge in [0.05, 0.1) is 26.4 Å². The van der Waals surface area contributed by atoms with Crippen molar-refractivity contribution >= 4 is 5.97 Å². The molecule has 8 heteroatoms. The molecule has 25 heavy (non-hydrogen) atoms. The van der Waals surface area contributed by atoms with Gasteiger partial charge in [-0.3, -0.25) is 0 Å². The first kappa shape index (κ1) is 17.5. The second-order valence-corrected chi connectivity index (χ2v) is 5.55. The van der Waals surface area contributed by atoms with E-state index in [1.807, 2.05) is 12.1 Å². The van der Waals surface area contributed by atoms with Crippen LogP contribution in [-0.4, -0.2) is 55.7 Å². The third kappa shape index (κ3) is 4.41. The number of allylic oxidation sites excluding steroid dienone is 1. The van der Waals surface area contributed by atoms with Gasteiger partial charge in [-0.2, -0.15) is 0 Å². The quantitative estimate of drug-likeness (QED) is 0.674. The molecule has 2 atom stereocenters. The maximum absolute atomic E-state index is 11.3. The van der Waals surface area contributed by atoms with E-state index < -0.39 is 12.3 Å². The fraction of sp³-hybridized carbons (Fsp3) is 0.471. The summed E-state index contributed by atoms with van der Waals surface area (Å²) in [5.41, 5.74) is 0.899. The minimum Gasteiger partial charge on any atom is -0.475 e. The highest BCUT2D eigenvalue weighted by atomic mass is 16.7. The standard InChI is InChI=1S/C17H20O8/c18-3-4-21-5-6-22-16-9-12(8-15(25-16)17(19)20)11-1-2-13-14(7-11)24-10-23-13/h1-2,7-8,12,16,18H,3-6,9-10H2,(H,19,20). The molecular weight excluding hydrogens is 332 g/mol. The SMILES string of the molecule is O=C(O)C1=CC(c2ccc3c(c2)OCO3)CC(OCCOCCO)O1. The molecular formula is C17H20O8. The van der Waals surface area contributed by atoms with Gasteiger partial charge in [0, 0.05) is 12.3 Å². The first-order valence-electron chi connectivity index (χ1n) is 7.99. The number of fused-ring (bicyclic) bond motifs is 1. The molecule has 3 rings (SSSR count). The maximum Gasteiger partial charge on any atom is 0.370 e. The molecule has 136 valence electrons. The lowest BCUT2D eigenvalue weighted by molar-refractivity contribution is -0.160. The number of hydrogen-bond acceptors (Lipinski definition) is 7. The molecule has 2 aliphatic rings. The maximum atomic E-state index is 11.3. The summed E-state index contributed by atoms with van der Waals surface area (Å²) in [5.74, 6) is -0.153. The first-order chi connectivity index (χ1) is 12.2.